The molecule has 11 nitrogen and oxygen atoms in total. The molecule has 1 aliphatic rings. The van der Waals surface area contributed by atoms with Gasteiger partial charge in [-0.1, -0.05) is 44.2 Å². The van der Waals surface area contributed by atoms with Crippen LogP contribution in [0, 0.1) is 19.8 Å². The number of nitrogens with one attached hydrogen (secondary N) is 3. The number of hydrogen-bond donors (Lipinski definition) is 3. The first kappa shape index (κ1) is 35.3. The van der Waals surface area contributed by atoms with Crippen LogP contribution >= 0.6 is 34.0 Å². The Bertz CT molecular complexity index is 1730. The second-order valence-electron chi connectivity index (χ2n) is 12.3. The Hall–Kier alpha value is -4.01. The molecule has 0 unspecified atom stereocenters. The van der Waals surface area contributed by atoms with Gasteiger partial charge in [0.05, 0.1) is 22.8 Å². The number of aryl methyl sites for hydroxylation is 2. The average Bonchev–Trinajstić information content (AvgIpc) is 3.81. The lowest BCUT2D eigenvalue weighted by atomic mass is 10.0. The highest BCUT2D eigenvalue weighted by molar-refractivity contribution is 7.13. The van der Waals surface area contributed by atoms with Crippen LogP contribution < -0.4 is 16.0 Å². The van der Waals surface area contributed by atoms with Gasteiger partial charge in [0.1, 0.15) is 26.3 Å². The Balaban J connectivity index is 1.42. The Kier molecular flexibility index (Phi) is 12.1. The summed E-state index contributed by atoms with van der Waals surface area (Å²) in [6, 6.07) is 8.94. The fourth-order valence-corrected chi connectivity index (χ4v) is 8.13. The molecule has 0 spiro atoms. The van der Waals surface area contributed by atoms with Crippen LogP contribution in [0.4, 0.5) is 0 Å². The fraction of sp³-hybridized carbons (Fsp3) is 0.441. The van der Waals surface area contributed by atoms with E-state index in [1.54, 1.807) is 15.7 Å². The second kappa shape index (κ2) is 16.4. The number of amides is 4. The van der Waals surface area contributed by atoms with Crippen molar-refractivity contribution < 1.29 is 19.2 Å². The molecule has 0 saturated heterocycles. The summed E-state index contributed by atoms with van der Waals surface area (Å²) in [5.41, 5.74) is 2.23. The molecule has 1 aliphatic heterocycles. The molecular weight excluding hydrogens is 667 g/mol. The van der Waals surface area contributed by atoms with Crippen molar-refractivity contribution in [2.75, 3.05) is 19.6 Å². The normalized spacial score (nSPS) is 18.5. The Morgan fingerprint density at radius 1 is 0.896 bits per heavy atom. The summed E-state index contributed by atoms with van der Waals surface area (Å²) in [5, 5.41) is 14.6. The van der Waals surface area contributed by atoms with Gasteiger partial charge in [-0.25, -0.2) is 15.0 Å². The van der Waals surface area contributed by atoms with Gasteiger partial charge in [0.2, 0.25) is 5.91 Å². The van der Waals surface area contributed by atoms with Crippen molar-refractivity contribution in [1.29, 1.82) is 0 Å². The summed E-state index contributed by atoms with van der Waals surface area (Å²) in [7, 11) is 0. The largest absolute Gasteiger partial charge is 0.351 e. The van der Waals surface area contributed by atoms with Gasteiger partial charge in [-0.15, -0.1) is 34.0 Å². The monoisotopic (exact) mass is 707 g/mol. The van der Waals surface area contributed by atoms with Crippen LogP contribution in [0.25, 0.3) is 0 Å². The van der Waals surface area contributed by atoms with Gasteiger partial charge in [-0.3, -0.25) is 19.2 Å². The molecule has 0 fully saturated rings. The van der Waals surface area contributed by atoms with E-state index in [1.807, 2.05) is 44.2 Å². The topological polar surface area (TPSA) is 146 Å². The van der Waals surface area contributed by atoms with Crippen LogP contribution in [0.5, 0.6) is 0 Å². The number of fused-ring (bicyclic) bond motifs is 4. The first-order valence-corrected chi connectivity index (χ1v) is 18.7. The number of thiazole rings is 3. The predicted molar refractivity (Wildman–Crippen MR) is 189 cm³/mol. The molecule has 0 radical (unpaired) electrons. The van der Waals surface area contributed by atoms with Crippen molar-refractivity contribution in [3.05, 3.63) is 83.6 Å². The minimum Gasteiger partial charge on any atom is -0.351 e. The van der Waals surface area contributed by atoms with Gasteiger partial charge in [0.25, 0.3) is 17.7 Å². The standard InChI is InChI=1S/C34H41N7O4S3/c1-20(2)16-24-32-40-27(19-47-32)31(44)38-25(17-23-10-6-5-7-11-23)33-39-26(18-46-33)30(43)35-13-9-15-41(14-8-12-28(42)37-24)34(45)29-21(3)36-22(4)48-29/h5-7,10-11,18-20,24-25H,8-9,12-17H2,1-4H3,(H,35,43)(H,37,42)(H,38,44)/t24-,25-/m0/s1. The predicted octanol–water partition coefficient (Wildman–Crippen LogP) is 5.65. The fourth-order valence-electron chi connectivity index (χ4n) is 5.53. The van der Waals surface area contributed by atoms with E-state index >= 15 is 0 Å². The van der Waals surface area contributed by atoms with Crippen LogP contribution in [0.1, 0.15) is 109 Å². The maximum atomic E-state index is 13.6. The number of benzene rings is 1. The zero-order valence-electron chi connectivity index (χ0n) is 27.6. The lowest BCUT2D eigenvalue weighted by Crippen LogP contribution is -2.36. The van der Waals surface area contributed by atoms with Crippen molar-refractivity contribution in [2.45, 2.75) is 71.9 Å². The summed E-state index contributed by atoms with van der Waals surface area (Å²) in [5.74, 6) is -0.661. The molecule has 1 aromatic carbocycles. The van der Waals surface area contributed by atoms with Gasteiger partial charge >= 0.3 is 0 Å². The summed E-state index contributed by atoms with van der Waals surface area (Å²) in [6.07, 6.45) is 2.35. The molecular formula is C34H41N7O4S3. The first-order chi connectivity index (χ1) is 23.1. The van der Waals surface area contributed by atoms with E-state index in [9.17, 15) is 19.2 Å². The van der Waals surface area contributed by atoms with Gasteiger partial charge in [0.15, 0.2) is 0 Å². The number of carbonyl (C=O) groups excluding carboxylic acids is 4. The Morgan fingerprint density at radius 2 is 1.56 bits per heavy atom. The van der Waals surface area contributed by atoms with Gasteiger partial charge in [0, 0.05) is 36.8 Å². The van der Waals surface area contributed by atoms with Crippen LogP contribution in [0.3, 0.4) is 0 Å². The van der Waals surface area contributed by atoms with Crippen molar-refractivity contribution >= 4 is 57.6 Å². The maximum absolute atomic E-state index is 13.6. The molecule has 3 N–H and O–H groups in total. The van der Waals surface area contributed by atoms with Crippen LogP contribution in [-0.2, 0) is 11.2 Å². The van der Waals surface area contributed by atoms with Crippen LogP contribution in [0.15, 0.2) is 41.1 Å². The van der Waals surface area contributed by atoms with Crippen molar-refractivity contribution in [2.24, 2.45) is 5.92 Å². The Morgan fingerprint density at radius 3 is 2.23 bits per heavy atom. The zero-order valence-corrected chi connectivity index (χ0v) is 30.0. The van der Waals surface area contributed by atoms with Crippen LogP contribution in [-0.4, -0.2) is 63.1 Å². The summed E-state index contributed by atoms with van der Waals surface area (Å²) in [4.78, 5) is 69.5. The average molecular weight is 708 g/mol. The number of rotatable bonds is 5. The number of carbonyl (C=O) groups is 4. The molecule has 48 heavy (non-hydrogen) atoms. The van der Waals surface area contributed by atoms with E-state index in [0.717, 1.165) is 10.6 Å². The highest BCUT2D eigenvalue weighted by Gasteiger charge is 2.26. The molecule has 14 heteroatoms. The van der Waals surface area contributed by atoms with Gasteiger partial charge in [-0.2, -0.15) is 0 Å². The maximum Gasteiger partial charge on any atom is 0.271 e. The third kappa shape index (κ3) is 9.32. The highest BCUT2D eigenvalue weighted by Crippen LogP contribution is 2.27. The van der Waals surface area contributed by atoms with E-state index in [1.165, 1.54) is 34.0 Å². The number of aromatic nitrogens is 3. The first-order valence-electron chi connectivity index (χ1n) is 16.1. The summed E-state index contributed by atoms with van der Waals surface area (Å²) in [6.45, 7) is 8.98. The molecule has 0 aliphatic carbocycles. The number of nitrogens with zero attached hydrogens (tertiary/aromatic N) is 4. The minimum absolute atomic E-state index is 0.123. The van der Waals surface area contributed by atoms with E-state index in [2.05, 4.69) is 44.7 Å². The molecule has 5 rings (SSSR count). The molecule has 4 heterocycles. The van der Waals surface area contributed by atoms with E-state index in [4.69, 9.17) is 0 Å². The molecule has 4 bridgehead atoms. The van der Waals surface area contributed by atoms with Crippen molar-refractivity contribution in [3.63, 3.8) is 0 Å². The third-order valence-electron chi connectivity index (χ3n) is 7.84. The quantitative estimate of drug-likeness (QED) is 0.243. The number of hydrogen-bond acceptors (Lipinski definition) is 10. The molecule has 254 valence electrons. The molecule has 3 aromatic heterocycles. The smallest absolute Gasteiger partial charge is 0.271 e. The highest BCUT2D eigenvalue weighted by atomic mass is 32.1. The zero-order chi connectivity index (χ0) is 34.2. The van der Waals surface area contributed by atoms with E-state index in [0.29, 0.717) is 65.9 Å². The van der Waals surface area contributed by atoms with E-state index < -0.39 is 6.04 Å². The lowest BCUT2D eigenvalue weighted by Gasteiger charge is -2.23. The second-order valence-corrected chi connectivity index (χ2v) is 15.2. The Labute approximate surface area is 292 Å². The molecule has 4 aromatic rings. The van der Waals surface area contributed by atoms with E-state index in [-0.39, 0.29) is 53.4 Å². The van der Waals surface area contributed by atoms with Gasteiger partial charge in [-0.05, 0) is 51.0 Å². The lowest BCUT2D eigenvalue weighted by molar-refractivity contribution is -0.122. The van der Waals surface area contributed by atoms with Crippen LogP contribution in [0.2, 0.25) is 0 Å². The van der Waals surface area contributed by atoms with Gasteiger partial charge < -0.3 is 20.9 Å². The molecule has 4 amide bonds. The third-order valence-corrected chi connectivity index (χ3v) is 10.8. The van der Waals surface area contributed by atoms with Crippen molar-refractivity contribution in [1.82, 2.24) is 35.8 Å². The molecule has 0 saturated carbocycles. The minimum atomic E-state index is -0.490. The summed E-state index contributed by atoms with van der Waals surface area (Å²) >= 11 is 4.02. The SMILES string of the molecule is Cc1nc(C)c(C(=O)N2CCCNC(=O)c3csc(n3)[C@H](Cc3ccccc3)NC(=O)c3csc(n3)[C@H](CC(C)C)NC(=O)CCC2)s1. The summed E-state index contributed by atoms with van der Waals surface area (Å²) < 4.78 is 0. The molecule has 2 atom stereocenters. The van der Waals surface area contributed by atoms with Crippen molar-refractivity contribution in [3.8, 4) is 0 Å².